The second-order valence-corrected chi connectivity index (χ2v) is 5.65. The van der Waals surface area contributed by atoms with Gasteiger partial charge in [0.2, 0.25) is 0 Å². The molecule has 25 heavy (non-hydrogen) atoms. The SMILES string of the molecule is COc1ccc(Cl)cc1NC(=O)c1ccccc1Oc1ccccc1. The molecule has 0 saturated heterocycles. The minimum atomic E-state index is -0.313. The number of nitrogens with one attached hydrogen (secondary N) is 1. The lowest BCUT2D eigenvalue weighted by Gasteiger charge is -2.13. The summed E-state index contributed by atoms with van der Waals surface area (Å²) in [6, 6.07) is 21.4. The van der Waals surface area contributed by atoms with Gasteiger partial charge in [0.05, 0.1) is 18.4 Å². The monoisotopic (exact) mass is 353 g/mol. The van der Waals surface area contributed by atoms with Crippen LogP contribution in [0.2, 0.25) is 5.02 Å². The molecule has 3 aromatic rings. The molecule has 0 saturated carbocycles. The first-order valence-electron chi connectivity index (χ1n) is 7.64. The Hall–Kier alpha value is -2.98. The van der Waals surface area contributed by atoms with Gasteiger partial charge in [-0.05, 0) is 42.5 Å². The van der Waals surface area contributed by atoms with Crippen molar-refractivity contribution in [3.8, 4) is 17.2 Å². The zero-order valence-corrected chi connectivity index (χ0v) is 14.3. The van der Waals surface area contributed by atoms with Crippen molar-refractivity contribution < 1.29 is 14.3 Å². The summed E-state index contributed by atoms with van der Waals surface area (Å²) in [5.41, 5.74) is 0.905. The maximum Gasteiger partial charge on any atom is 0.259 e. The van der Waals surface area contributed by atoms with Crippen molar-refractivity contribution >= 4 is 23.2 Å². The van der Waals surface area contributed by atoms with Crippen molar-refractivity contribution in [2.75, 3.05) is 12.4 Å². The summed E-state index contributed by atoms with van der Waals surface area (Å²) in [6.45, 7) is 0. The maximum atomic E-state index is 12.7. The molecule has 0 spiro atoms. The average Bonchev–Trinajstić information content (AvgIpc) is 2.63. The molecule has 0 aliphatic rings. The standard InChI is InChI=1S/C20H16ClNO3/c1-24-19-12-11-14(21)13-17(19)22-20(23)16-9-5-6-10-18(16)25-15-7-3-2-4-8-15/h2-13H,1H3,(H,22,23). The number of ether oxygens (including phenoxy) is 2. The Balaban J connectivity index is 1.87. The van der Waals surface area contributed by atoms with Crippen molar-refractivity contribution in [2.24, 2.45) is 0 Å². The number of carbonyl (C=O) groups excluding carboxylic acids is 1. The van der Waals surface area contributed by atoms with Gasteiger partial charge in [0.25, 0.3) is 5.91 Å². The number of halogens is 1. The van der Waals surface area contributed by atoms with Crippen molar-refractivity contribution in [1.29, 1.82) is 0 Å². The van der Waals surface area contributed by atoms with E-state index in [1.807, 2.05) is 36.4 Å². The summed E-state index contributed by atoms with van der Waals surface area (Å²) in [6.07, 6.45) is 0. The fourth-order valence-corrected chi connectivity index (χ4v) is 2.50. The summed E-state index contributed by atoms with van der Waals surface area (Å²) < 4.78 is 11.1. The second kappa shape index (κ2) is 7.73. The molecule has 126 valence electrons. The minimum Gasteiger partial charge on any atom is -0.495 e. The molecule has 0 aliphatic heterocycles. The van der Waals surface area contributed by atoms with Crippen molar-refractivity contribution in [3.05, 3.63) is 83.4 Å². The number of hydrogen-bond donors (Lipinski definition) is 1. The van der Waals surface area contributed by atoms with Crippen LogP contribution in [-0.2, 0) is 0 Å². The highest BCUT2D eigenvalue weighted by molar-refractivity contribution is 6.31. The topological polar surface area (TPSA) is 47.6 Å². The lowest BCUT2D eigenvalue weighted by atomic mass is 10.1. The van der Waals surface area contributed by atoms with Crippen LogP contribution in [0.25, 0.3) is 0 Å². The average molecular weight is 354 g/mol. The third-order valence-electron chi connectivity index (χ3n) is 3.51. The first-order chi connectivity index (χ1) is 12.2. The van der Waals surface area contributed by atoms with E-state index in [-0.39, 0.29) is 5.91 Å². The predicted octanol–water partition coefficient (Wildman–Crippen LogP) is 5.39. The number of methoxy groups -OCH3 is 1. The molecule has 5 heteroatoms. The number of hydrogen-bond acceptors (Lipinski definition) is 3. The van der Waals surface area contributed by atoms with E-state index in [4.69, 9.17) is 21.1 Å². The van der Waals surface area contributed by atoms with E-state index in [1.165, 1.54) is 7.11 Å². The van der Waals surface area contributed by atoms with Crippen LogP contribution in [0.5, 0.6) is 17.2 Å². The van der Waals surface area contributed by atoms with Gasteiger partial charge in [-0.25, -0.2) is 0 Å². The van der Waals surface area contributed by atoms with E-state index < -0.39 is 0 Å². The van der Waals surface area contributed by atoms with Gasteiger partial charge in [-0.2, -0.15) is 0 Å². The van der Waals surface area contributed by atoms with Gasteiger partial charge >= 0.3 is 0 Å². The number of carbonyl (C=O) groups is 1. The third kappa shape index (κ3) is 4.11. The van der Waals surface area contributed by atoms with Crippen LogP contribution < -0.4 is 14.8 Å². The summed E-state index contributed by atoms with van der Waals surface area (Å²) in [5, 5.41) is 3.32. The van der Waals surface area contributed by atoms with Gasteiger partial charge in [0.15, 0.2) is 0 Å². The molecule has 4 nitrogen and oxygen atoms in total. The lowest BCUT2D eigenvalue weighted by Crippen LogP contribution is -2.13. The van der Waals surface area contributed by atoms with E-state index in [2.05, 4.69) is 5.32 Å². The van der Waals surface area contributed by atoms with Crippen molar-refractivity contribution in [1.82, 2.24) is 0 Å². The highest BCUT2D eigenvalue weighted by Crippen LogP contribution is 2.30. The Morgan fingerprint density at radius 2 is 1.64 bits per heavy atom. The number of amides is 1. The molecule has 0 bridgehead atoms. The van der Waals surface area contributed by atoms with E-state index >= 15 is 0 Å². The summed E-state index contributed by atoms with van der Waals surface area (Å²) in [4.78, 5) is 12.7. The molecule has 0 atom stereocenters. The van der Waals surface area contributed by atoms with Crippen LogP contribution in [0.1, 0.15) is 10.4 Å². The highest BCUT2D eigenvalue weighted by atomic mass is 35.5. The molecule has 3 aromatic carbocycles. The smallest absolute Gasteiger partial charge is 0.259 e. The van der Waals surface area contributed by atoms with E-state index in [0.29, 0.717) is 33.5 Å². The fourth-order valence-electron chi connectivity index (χ4n) is 2.33. The zero-order valence-electron chi connectivity index (χ0n) is 13.5. The molecule has 0 aliphatic carbocycles. The fraction of sp³-hybridized carbons (Fsp3) is 0.0500. The zero-order chi connectivity index (χ0) is 17.6. The first kappa shape index (κ1) is 16.9. The quantitative estimate of drug-likeness (QED) is 0.668. The van der Waals surface area contributed by atoms with Crippen LogP contribution in [0, 0.1) is 0 Å². The summed E-state index contributed by atoms with van der Waals surface area (Å²) in [7, 11) is 1.53. The molecule has 0 fully saturated rings. The van der Waals surface area contributed by atoms with E-state index in [1.54, 1.807) is 36.4 Å². The minimum absolute atomic E-state index is 0.313. The molecule has 0 radical (unpaired) electrons. The summed E-state index contributed by atoms with van der Waals surface area (Å²) in [5.74, 6) is 1.33. The lowest BCUT2D eigenvalue weighted by molar-refractivity contribution is 0.102. The Kier molecular flexibility index (Phi) is 5.21. The maximum absolute atomic E-state index is 12.7. The van der Waals surface area contributed by atoms with Crippen LogP contribution in [-0.4, -0.2) is 13.0 Å². The van der Waals surface area contributed by atoms with Gasteiger partial charge in [-0.15, -0.1) is 0 Å². The molecule has 0 unspecified atom stereocenters. The van der Waals surface area contributed by atoms with Crippen molar-refractivity contribution in [2.45, 2.75) is 0 Å². The number of rotatable bonds is 5. The van der Waals surface area contributed by atoms with E-state index in [0.717, 1.165) is 0 Å². The van der Waals surface area contributed by atoms with Gasteiger partial charge in [0.1, 0.15) is 17.2 Å². The molecular weight excluding hydrogens is 338 g/mol. The van der Waals surface area contributed by atoms with Gasteiger partial charge < -0.3 is 14.8 Å². The van der Waals surface area contributed by atoms with Crippen molar-refractivity contribution in [3.63, 3.8) is 0 Å². The van der Waals surface area contributed by atoms with E-state index in [9.17, 15) is 4.79 Å². The molecule has 3 rings (SSSR count). The molecule has 1 N–H and O–H groups in total. The number of para-hydroxylation sites is 2. The molecular formula is C20H16ClNO3. The highest BCUT2D eigenvalue weighted by Gasteiger charge is 2.15. The number of benzene rings is 3. The molecule has 1 amide bonds. The Morgan fingerprint density at radius 3 is 2.40 bits per heavy atom. The normalized spacial score (nSPS) is 10.2. The summed E-state index contributed by atoms with van der Waals surface area (Å²) >= 11 is 6.01. The molecule has 0 aromatic heterocycles. The van der Waals surface area contributed by atoms with Crippen LogP contribution >= 0.6 is 11.6 Å². The van der Waals surface area contributed by atoms with Crippen LogP contribution in [0.3, 0.4) is 0 Å². The second-order valence-electron chi connectivity index (χ2n) is 5.21. The largest absolute Gasteiger partial charge is 0.495 e. The third-order valence-corrected chi connectivity index (χ3v) is 3.75. The van der Waals surface area contributed by atoms with Crippen LogP contribution in [0.15, 0.2) is 72.8 Å². The Bertz CT molecular complexity index is 881. The first-order valence-corrected chi connectivity index (χ1v) is 8.02. The van der Waals surface area contributed by atoms with Gasteiger partial charge in [-0.1, -0.05) is 41.9 Å². The van der Waals surface area contributed by atoms with Gasteiger partial charge in [0, 0.05) is 5.02 Å². The molecule has 0 heterocycles. The predicted molar refractivity (Wildman–Crippen MR) is 98.9 cm³/mol. The Morgan fingerprint density at radius 1 is 0.920 bits per heavy atom. The van der Waals surface area contributed by atoms with Gasteiger partial charge in [-0.3, -0.25) is 4.79 Å². The Labute approximate surface area is 151 Å². The number of anilines is 1. The van der Waals surface area contributed by atoms with Crippen LogP contribution in [0.4, 0.5) is 5.69 Å².